The van der Waals surface area contributed by atoms with Crippen LogP contribution in [0.3, 0.4) is 0 Å². The lowest BCUT2D eigenvalue weighted by molar-refractivity contribution is 1.18. The van der Waals surface area contributed by atoms with Gasteiger partial charge in [0.25, 0.3) is 0 Å². The van der Waals surface area contributed by atoms with Crippen molar-refractivity contribution in [3.63, 3.8) is 0 Å². The zero-order chi connectivity index (χ0) is 39.8. The van der Waals surface area contributed by atoms with Gasteiger partial charge in [0, 0.05) is 33.3 Å². The molecule has 0 aliphatic carbocycles. The molecule has 11 rings (SSSR count). The number of hydrogen-bond donors (Lipinski definition) is 0. The molecular weight excluding hydrogens is 725 g/mol. The van der Waals surface area contributed by atoms with Crippen molar-refractivity contribution in [3.05, 3.63) is 243 Å². The van der Waals surface area contributed by atoms with E-state index >= 15 is 0 Å². The first-order chi connectivity index (χ1) is 29.8. The maximum Gasteiger partial charge on any atom is 0.0546 e. The topological polar surface area (TPSA) is 8.17 Å². The molecule has 0 aliphatic rings. The first-order valence-electron chi connectivity index (χ1n) is 20.6. The van der Waals surface area contributed by atoms with Crippen LogP contribution in [0.5, 0.6) is 0 Å². The summed E-state index contributed by atoms with van der Waals surface area (Å²) in [6.45, 7) is 0. The highest BCUT2D eigenvalue weighted by Crippen LogP contribution is 2.46. The first-order valence-corrected chi connectivity index (χ1v) is 20.6. The third kappa shape index (κ3) is 6.14. The second kappa shape index (κ2) is 15.1. The number of benzene rings is 10. The van der Waals surface area contributed by atoms with Crippen molar-refractivity contribution in [2.45, 2.75) is 0 Å². The van der Waals surface area contributed by atoms with Gasteiger partial charge in [-0.05, 0) is 92.7 Å². The van der Waals surface area contributed by atoms with Crippen molar-refractivity contribution < 1.29 is 0 Å². The standard InChI is InChI=1S/C58H40N2/c1-4-17-41(18-5-1)42-31-33-46(34-32-42)58-50(27-16-30-55(58)60-53-28-14-12-25-51(53)52-26-13-15-29-54(52)60)44-35-38-48(39-36-44)59(47-22-8-3-9-23-47)56-40-37-43-19-10-11-24-49(43)57(56)45-20-6-2-7-21-45/h1-40H. The molecule has 0 saturated carbocycles. The van der Waals surface area contributed by atoms with Gasteiger partial charge in [-0.25, -0.2) is 0 Å². The molecule has 0 fully saturated rings. The van der Waals surface area contributed by atoms with Crippen LogP contribution in [0.1, 0.15) is 0 Å². The van der Waals surface area contributed by atoms with Crippen LogP contribution < -0.4 is 4.90 Å². The smallest absolute Gasteiger partial charge is 0.0546 e. The number of aromatic nitrogens is 1. The molecule has 0 aliphatic heterocycles. The Bertz CT molecular complexity index is 3220. The molecule has 0 saturated heterocycles. The average molecular weight is 765 g/mol. The molecule has 0 bridgehead atoms. The molecule has 0 spiro atoms. The van der Waals surface area contributed by atoms with E-state index in [9.17, 15) is 0 Å². The Morgan fingerprint density at radius 3 is 1.43 bits per heavy atom. The molecule has 0 amide bonds. The average Bonchev–Trinajstić information content (AvgIpc) is 3.67. The third-order valence-corrected chi connectivity index (χ3v) is 11.8. The molecule has 2 heteroatoms. The fourth-order valence-electron chi connectivity index (χ4n) is 9.06. The molecule has 1 aromatic heterocycles. The van der Waals surface area contributed by atoms with Gasteiger partial charge in [-0.15, -0.1) is 0 Å². The summed E-state index contributed by atoms with van der Waals surface area (Å²) in [6.07, 6.45) is 0. The predicted molar refractivity (Wildman–Crippen MR) is 255 cm³/mol. The van der Waals surface area contributed by atoms with Gasteiger partial charge in [0.05, 0.1) is 22.4 Å². The van der Waals surface area contributed by atoms with E-state index in [2.05, 4.69) is 252 Å². The van der Waals surface area contributed by atoms with Gasteiger partial charge >= 0.3 is 0 Å². The van der Waals surface area contributed by atoms with E-state index in [1.54, 1.807) is 0 Å². The number of fused-ring (bicyclic) bond motifs is 4. The van der Waals surface area contributed by atoms with Crippen LogP contribution in [0.4, 0.5) is 17.1 Å². The SMILES string of the molecule is c1ccc(-c2ccc(-c3c(-c4ccc(N(c5ccccc5)c5ccc6ccccc6c5-c5ccccc5)cc4)cccc3-n3c4ccccc4c4ccccc43)cc2)cc1. The normalized spacial score (nSPS) is 11.3. The molecule has 1 heterocycles. The first kappa shape index (κ1) is 35.2. The van der Waals surface area contributed by atoms with E-state index in [1.165, 1.54) is 71.5 Å². The van der Waals surface area contributed by atoms with Gasteiger partial charge in [-0.3, -0.25) is 0 Å². The van der Waals surface area contributed by atoms with Gasteiger partial charge in [0.15, 0.2) is 0 Å². The molecule has 2 nitrogen and oxygen atoms in total. The van der Waals surface area contributed by atoms with E-state index < -0.39 is 0 Å². The summed E-state index contributed by atoms with van der Waals surface area (Å²) in [7, 11) is 0. The van der Waals surface area contributed by atoms with Crippen LogP contribution in [0.2, 0.25) is 0 Å². The van der Waals surface area contributed by atoms with Crippen molar-refractivity contribution in [2.24, 2.45) is 0 Å². The number of para-hydroxylation sites is 3. The monoisotopic (exact) mass is 764 g/mol. The summed E-state index contributed by atoms with van der Waals surface area (Å²) < 4.78 is 2.45. The maximum atomic E-state index is 2.45. The van der Waals surface area contributed by atoms with Crippen molar-refractivity contribution >= 4 is 49.6 Å². The van der Waals surface area contributed by atoms with E-state index in [0.717, 1.165) is 28.3 Å². The Balaban J connectivity index is 1.10. The van der Waals surface area contributed by atoms with Gasteiger partial charge in [-0.1, -0.05) is 194 Å². The molecule has 11 aromatic rings. The largest absolute Gasteiger partial charge is 0.310 e. The fraction of sp³-hybridized carbons (Fsp3) is 0. The highest BCUT2D eigenvalue weighted by molar-refractivity contribution is 6.10. The molecule has 0 N–H and O–H groups in total. The third-order valence-electron chi connectivity index (χ3n) is 11.8. The Morgan fingerprint density at radius 1 is 0.283 bits per heavy atom. The van der Waals surface area contributed by atoms with Crippen LogP contribution in [-0.4, -0.2) is 4.57 Å². The van der Waals surface area contributed by atoms with Crippen LogP contribution in [0.15, 0.2) is 243 Å². The molecule has 0 atom stereocenters. The zero-order valence-electron chi connectivity index (χ0n) is 33.0. The molecule has 0 radical (unpaired) electrons. The summed E-state index contributed by atoms with van der Waals surface area (Å²) >= 11 is 0. The Hall–Kier alpha value is -7.94. The minimum Gasteiger partial charge on any atom is -0.310 e. The van der Waals surface area contributed by atoms with E-state index in [1.807, 2.05) is 0 Å². The van der Waals surface area contributed by atoms with Crippen LogP contribution in [0, 0.1) is 0 Å². The van der Waals surface area contributed by atoms with Gasteiger partial charge in [0.1, 0.15) is 0 Å². The molecule has 282 valence electrons. The summed E-state index contributed by atoms with van der Waals surface area (Å²) in [5, 5.41) is 4.94. The van der Waals surface area contributed by atoms with Crippen LogP contribution in [-0.2, 0) is 0 Å². The van der Waals surface area contributed by atoms with Gasteiger partial charge < -0.3 is 9.47 Å². The van der Waals surface area contributed by atoms with E-state index in [4.69, 9.17) is 0 Å². The van der Waals surface area contributed by atoms with Crippen molar-refractivity contribution in [1.82, 2.24) is 4.57 Å². The number of anilines is 3. The molecule has 0 unspecified atom stereocenters. The van der Waals surface area contributed by atoms with Crippen molar-refractivity contribution in [3.8, 4) is 50.2 Å². The quantitative estimate of drug-likeness (QED) is 0.150. The summed E-state index contributed by atoms with van der Waals surface area (Å²) in [4.78, 5) is 2.40. The van der Waals surface area contributed by atoms with Crippen LogP contribution in [0.25, 0.3) is 82.8 Å². The van der Waals surface area contributed by atoms with Crippen molar-refractivity contribution in [1.29, 1.82) is 0 Å². The maximum absolute atomic E-state index is 2.45. The lowest BCUT2D eigenvalue weighted by atomic mass is 9.91. The van der Waals surface area contributed by atoms with E-state index in [-0.39, 0.29) is 0 Å². The van der Waals surface area contributed by atoms with Gasteiger partial charge in [-0.2, -0.15) is 0 Å². The Kier molecular flexibility index (Phi) is 8.87. The number of rotatable bonds is 8. The molecular formula is C58H40N2. The minimum absolute atomic E-state index is 1.09. The lowest BCUT2D eigenvalue weighted by Crippen LogP contribution is -2.11. The lowest BCUT2D eigenvalue weighted by Gasteiger charge is -2.29. The summed E-state index contributed by atoms with van der Waals surface area (Å²) in [5.74, 6) is 0. The summed E-state index contributed by atoms with van der Waals surface area (Å²) in [6, 6.07) is 87.9. The highest BCUT2D eigenvalue weighted by atomic mass is 15.1. The second-order valence-electron chi connectivity index (χ2n) is 15.3. The Labute approximate surface area is 350 Å². The fourth-order valence-corrected chi connectivity index (χ4v) is 9.06. The van der Waals surface area contributed by atoms with Gasteiger partial charge in [0.2, 0.25) is 0 Å². The minimum atomic E-state index is 1.09. The predicted octanol–water partition coefficient (Wildman–Crippen LogP) is 16.1. The van der Waals surface area contributed by atoms with Crippen molar-refractivity contribution in [2.75, 3.05) is 4.90 Å². The highest BCUT2D eigenvalue weighted by Gasteiger charge is 2.22. The van der Waals surface area contributed by atoms with Crippen LogP contribution >= 0.6 is 0 Å². The Morgan fingerprint density at radius 2 is 0.767 bits per heavy atom. The molecule has 10 aromatic carbocycles. The number of hydrogen-bond acceptors (Lipinski definition) is 1. The zero-order valence-corrected chi connectivity index (χ0v) is 33.0. The van der Waals surface area contributed by atoms with E-state index in [0.29, 0.717) is 0 Å². The number of nitrogens with zero attached hydrogens (tertiary/aromatic N) is 2. The molecule has 60 heavy (non-hydrogen) atoms. The second-order valence-corrected chi connectivity index (χ2v) is 15.3. The summed E-state index contributed by atoms with van der Waals surface area (Å²) in [5.41, 5.74) is 16.3.